The van der Waals surface area contributed by atoms with Gasteiger partial charge in [-0.15, -0.1) is 0 Å². The molecule has 1 aliphatic rings. The lowest BCUT2D eigenvalue weighted by Gasteiger charge is -2.40. The second-order valence-corrected chi connectivity index (χ2v) is 6.03. The fourth-order valence-electron chi connectivity index (χ4n) is 3.22. The second-order valence-electron chi connectivity index (χ2n) is 6.03. The van der Waals surface area contributed by atoms with E-state index < -0.39 is 0 Å². The number of halogens is 1. The van der Waals surface area contributed by atoms with Gasteiger partial charge < -0.3 is 5.32 Å². The van der Waals surface area contributed by atoms with Crippen LogP contribution in [0.15, 0.2) is 24.3 Å². The molecule has 0 spiro atoms. The maximum atomic E-state index is 13.8. The molecule has 0 radical (unpaired) electrons. The van der Waals surface area contributed by atoms with Gasteiger partial charge in [0.05, 0.1) is 0 Å². The molecule has 0 bridgehead atoms. The molecule has 1 aromatic rings. The summed E-state index contributed by atoms with van der Waals surface area (Å²) >= 11 is 0. The third kappa shape index (κ3) is 3.32. The van der Waals surface area contributed by atoms with Crippen LogP contribution in [0.5, 0.6) is 0 Å². The Morgan fingerprint density at radius 1 is 1.28 bits per heavy atom. The summed E-state index contributed by atoms with van der Waals surface area (Å²) in [5, 5.41) is 3.67. The standard InChI is InChI=1S/C16H24FN/c1-13(2)11-16(9-5-6-10-18-16)12-14-7-3-4-8-15(14)17/h3-4,7-8,13,18H,5-6,9-12H2,1-2H3. The molecule has 1 heterocycles. The van der Waals surface area contributed by atoms with Crippen LogP contribution in [-0.4, -0.2) is 12.1 Å². The molecule has 0 aliphatic carbocycles. The molecule has 1 fully saturated rings. The van der Waals surface area contributed by atoms with Gasteiger partial charge in [-0.25, -0.2) is 4.39 Å². The molecular formula is C16H24FN. The first-order chi connectivity index (χ1) is 8.61. The van der Waals surface area contributed by atoms with Crippen molar-refractivity contribution in [2.45, 2.75) is 51.5 Å². The van der Waals surface area contributed by atoms with Crippen LogP contribution in [0.3, 0.4) is 0 Å². The first-order valence-corrected chi connectivity index (χ1v) is 7.10. The van der Waals surface area contributed by atoms with Gasteiger partial charge in [-0.1, -0.05) is 38.5 Å². The highest BCUT2D eigenvalue weighted by atomic mass is 19.1. The van der Waals surface area contributed by atoms with Gasteiger partial charge in [0.1, 0.15) is 5.82 Å². The van der Waals surface area contributed by atoms with Crippen LogP contribution in [0.25, 0.3) is 0 Å². The molecule has 2 rings (SSSR count). The van der Waals surface area contributed by atoms with Crippen molar-refractivity contribution in [3.05, 3.63) is 35.6 Å². The molecule has 1 aliphatic heterocycles. The average molecular weight is 249 g/mol. The van der Waals surface area contributed by atoms with Crippen molar-refractivity contribution in [1.82, 2.24) is 5.32 Å². The lowest BCUT2D eigenvalue weighted by molar-refractivity contribution is 0.209. The Hall–Kier alpha value is -0.890. The summed E-state index contributed by atoms with van der Waals surface area (Å²) in [6, 6.07) is 7.20. The summed E-state index contributed by atoms with van der Waals surface area (Å²) in [5.74, 6) is 0.579. The van der Waals surface area contributed by atoms with Crippen LogP contribution < -0.4 is 5.32 Å². The summed E-state index contributed by atoms with van der Waals surface area (Å²) in [6.45, 7) is 5.57. The van der Waals surface area contributed by atoms with Crippen molar-refractivity contribution >= 4 is 0 Å². The molecule has 18 heavy (non-hydrogen) atoms. The first kappa shape index (κ1) is 13.5. The summed E-state index contributed by atoms with van der Waals surface area (Å²) in [4.78, 5) is 0. The molecule has 0 saturated carbocycles. The number of hydrogen-bond acceptors (Lipinski definition) is 1. The highest BCUT2D eigenvalue weighted by Gasteiger charge is 2.33. The Labute approximate surface area is 110 Å². The normalized spacial score (nSPS) is 24.4. The van der Waals surface area contributed by atoms with Gasteiger partial charge in [0.2, 0.25) is 0 Å². The lowest BCUT2D eigenvalue weighted by Crippen LogP contribution is -2.51. The van der Waals surface area contributed by atoms with Gasteiger partial charge in [-0.2, -0.15) is 0 Å². The second kappa shape index (κ2) is 5.83. The molecule has 2 heteroatoms. The highest BCUT2D eigenvalue weighted by Crippen LogP contribution is 2.30. The van der Waals surface area contributed by atoms with Crippen molar-refractivity contribution in [2.75, 3.05) is 6.54 Å². The van der Waals surface area contributed by atoms with Gasteiger partial charge in [0.15, 0.2) is 0 Å². The smallest absolute Gasteiger partial charge is 0.126 e. The van der Waals surface area contributed by atoms with E-state index in [1.165, 1.54) is 19.3 Å². The highest BCUT2D eigenvalue weighted by molar-refractivity contribution is 5.20. The van der Waals surface area contributed by atoms with Crippen molar-refractivity contribution in [1.29, 1.82) is 0 Å². The molecule has 1 atom stereocenters. The topological polar surface area (TPSA) is 12.0 Å². The van der Waals surface area contributed by atoms with Crippen LogP contribution in [0.1, 0.15) is 45.1 Å². The molecule has 1 nitrogen and oxygen atoms in total. The molecule has 100 valence electrons. The van der Waals surface area contributed by atoms with E-state index in [0.717, 1.165) is 24.9 Å². The summed E-state index contributed by atoms with van der Waals surface area (Å²) in [6.07, 6.45) is 5.62. The zero-order valence-corrected chi connectivity index (χ0v) is 11.5. The quantitative estimate of drug-likeness (QED) is 0.852. The van der Waals surface area contributed by atoms with Crippen molar-refractivity contribution < 1.29 is 4.39 Å². The van der Waals surface area contributed by atoms with Crippen LogP contribution in [0, 0.1) is 11.7 Å². The van der Waals surface area contributed by atoms with Gasteiger partial charge >= 0.3 is 0 Å². The monoisotopic (exact) mass is 249 g/mol. The molecular weight excluding hydrogens is 225 g/mol. The Kier molecular flexibility index (Phi) is 4.39. The molecule has 1 aromatic carbocycles. The number of rotatable bonds is 4. The first-order valence-electron chi connectivity index (χ1n) is 7.10. The predicted molar refractivity (Wildman–Crippen MR) is 74.1 cm³/mol. The number of benzene rings is 1. The number of piperidine rings is 1. The molecule has 1 unspecified atom stereocenters. The third-order valence-electron chi connectivity index (χ3n) is 3.87. The summed E-state index contributed by atoms with van der Waals surface area (Å²) in [7, 11) is 0. The molecule has 0 aromatic heterocycles. The Morgan fingerprint density at radius 2 is 2.06 bits per heavy atom. The minimum atomic E-state index is -0.0620. The van der Waals surface area contributed by atoms with E-state index >= 15 is 0 Å². The van der Waals surface area contributed by atoms with Crippen LogP contribution in [0.2, 0.25) is 0 Å². The molecule has 1 saturated heterocycles. The predicted octanol–water partition coefficient (Wildman–Crippen LogP) is 3.93. The van der Waals surface area contributed by atoms with Crippen LogP contribution in [0.4, 0.5) is 4.39 Å². The minimum Gasteiger partial charge on any atom is -0.311 e. The molecule has 1 N–H and O–H groups in total. The molecule has 0 amide bonds. The van der Waals surface area contributed by atoms with Crippen LogP contribution in [-0.2, 0) is 6.42 Å². The van der Waals surface area contributed by atoms with Crippen LogP contribution >= 0.6 is 0 Å². The Balaban J connectivity index is 2.17. The van der Waals surface area contributed by atoms with E-state index in [1.807, 2.05) is 12.1 Å². The fraction of sp³-hybridized carbons (Fsp3) is 0.625. The van der Waals surface area contributed by atoms with Crippen molar-refractivity contribution in [3.63, 3.8) is 0 Å². The van der Waals surface area contributed by atoms with Crippen molar-refractivity contribution in [3.8, 4) is 0 Å². The zero-order valence-electron chi connectivity index (χ0n) is 11.5. The fourth-order valence-corrected chi connectivity index (χ4v) is 3.22. The summed E-state index contributed by atoms with van der Waals surface area (Å²) in [5.41, 5.74) is 0.960. The van der Waals surface area contributed by atoms with E-state index in [4.69, 9.17) is 0 Å². The maximum Gasteiger partial charge on any atom is 0.126 e. The largest absolute Gasteiger partial charge is 0.311 e. The Morgan fingerprint density at radius 3 is 2.67 bits per heavy atom. The van der Waals surface area contributed by atoms with Gasteiger partial charge in [-0.3, -0.25) is 0 Å². The van der Waals surface area contributed by atoms with E-state index in [1.54, 1.807) is 12.1 Å². The number of nitrogens with one attached hydrogen (secondary N) is 1. The number of hydrogen-bond donors (Lipinski definition) is 1. The van der Waals surface area contributed by atoms with Gasteiger partial charge in [-0.05, 0) is 49.8 Å². The minimum absolute atomic E-state index is 0.0620. The maximum absolute atomic E-state index is 13.8. The van der Waals surface area contributed by atoms with E-state index in [-0.39, 0.29) is 11.4 Å². The van der Waals surface area contributed by atoms with E-state index in [2.05, 4.69) is 19.2 Å². The third-order valence-corrected chi connectivity index (χ3v) is 3.87. The van der Waals surface area contributed by atoms with E-state index in [9.17, 15) is 4.39 Å². The Bertz CT molecular complexity index is 380. The average Bonchev–Trinajstić information content (AvgIpc) is 2.32. The van der Waals surface area contributed by atoms with Crippen molar-refractivity contribution in [2.24, 2.45) is 5.92 Å². The zero-order chi connectivity index (χ0) is 13.0. The summed E-state index contributed by atoms with van der Waals surface area (Å²) < 4.78 is 13.8. The van der Waals surface area contributed by atoms with Gasteiger partial charge in [0.25, 0.3) is 0 Å². The SMILES string of the molecule is CC(C)CC1(Cc2ccccc2F)CCCCN1. The van der Waals surface area contributed by atoms with Gasteiger partial charge in [0, 0.05) is 5.54 Å². The van der Waals surface area contributed by atoms with E-state index in [0.29, 0.717) is 5.92 Å². The lowest BCUT2D eigenvalue weighted by atomic mass is 9.77.